The van der Waals surface area contributed by atoms with Gasteiger partial charge in [-0.15, -0.1) is 0 Å². The monoisotopic (exact) mass is 361 g/mol. The molecule has 1 amide bonds. The SMILES string of the molecule is Cc1cccc(CC2CCCN(C(=O)c3nc4ccccc4nc3O)C2)c1. The van der Waals surface area contributed by atoms with E-state index in [0.29, 0.717) is 30.0 Å². The van der Waals surface area contributed by atoms with Crippen LogP contribution in [0, 0.1) is 12.8 Å². The molecule has 1 fully saturated rings. The molecule has 1 aliphatic rings. The van der Waals surface area contributed by atoms with E-state index >= 15 is 0 Å². The summed E-state index contributed by atoms with van der Waals surface area (Å²) in [5, 5.41) is 10.2. The number of para-hydroxylation sites is 2. The largest absolute Gasteiger partial charge is 0.492 e. The maximum Gasteiger partial charge on any atom is 0.278 e. The van der Waals surface area contributed by atoms with Crippen molar-refractivity contribution < 1.29 is 9.90 Å². The Bertz CT molecular complexity index is 986. The Kier molecular flexibility index (Phi) is 4.75. The number of piperidine rings is 1. The molecule has 138 valence electrons. The second-order valence-electron chi connectivity index (χ2n) is 7.34. The Labute approximate surface area is 158 Å². The minimum absolute atomic E-state index is 0.0462. The number of nitrogens with zero attached hydrogens (tertiary/aromatic N) is 3. The Morgan fingerprint density at radius 3 is 2.70 bits per heavy atom. The molecule has 0 bridgehead atoms. The highest BCUT2D eigenvalue weighted by atomic mass is 16.3. The van der Waals surface area contributed by atoms with E-state index in [0.717, 1.165) is 19.3 Å². The van der Waals surface area contributed by atoms with Crippen LogP contribution in [0.5, 0.6) is 5.88 Å². The molecule has 1 atom stereocenters. The van der Waals surface area contributed by atoms with Crippen LogP contribution in [0.25, 0.3) is 11.0 Å². The summed E-state index contributed by atoms with van der Waals surface area (Å²) >= 11 is 0. The van der Waals surface area contributed by atoms with Crippen molar-refractivity contribution in [2.24, 2.45) is 5.92 Å². The van der Waals surface area contributed by atoms with Gasteiger partial charge in [-0.2, -0.15) is 0 Å². The summed E-state index contributed by atoms with van der Waals surface area (Å²) in [4.78, 5) is 23.3. The number of hydrogen-bond acceptors (Lipinski definition) is 4. The summed E-state index contributed by atoms with van der Waals surface area (Å²) in [6, 6.07) is 15.8. The number of aryl methyl sites for hydroxylation is 1. The van der Waals surface area contributed by atoms with Crippen molar-refractivity contribution in [3.05, 3.63) is 65.4 Å². The van der Waals surface area contributed by atoms with Gasteiger partial charge in [0, 0.05) is 13.1 Å². The lowest BCUT2D eigenvalue weighted by molar-refractivity contribution is 0.0663. The molecule has 0 aliphatic carbocycles. The quantitative estimate of drug-likeness (QED) is 0.772. The van der Waals surface area contributed by atoms with Gasteiger partial charge in [-0.05, 0) is 49.8 Å². The van der Waals surface area contributed by atoms with E-state index in [9.17, 15) is 9.90 Å². The Balaban J connectivity index is 1.52. The predicted octanol–water partition coefficient (Wildman–Crippen LogP) is 3.74. The number of likely N-dealkylation sites (tertiary alicyclic amines) is 1. The summed E-state index contributed by atoms with van der Waals surface area (Å²) in [7, 11) is 0. The van der Waals surface area contributed by atoms with Gasteiger partial charge in [0.2, 0.25) is 5.88 Å². The number of aromatic hydroxyl groups is 1. The number of benzene rings is 2. The van der Waals surface area contributed by atoms with Gasteiger partial charge in [-0.3, -0.25) is 4.79 Å². The lowest BCUT2D eigenvalue weighted by Gasteiger charge is -2.32. The summed E-state index contributed by atoms with van der Waals surface area (Å²) < 4.78 is 0. The van der Waals surface area contributed by atoms with Gasteiger partial charge < -0.3 is 10.0 Å². The number of carbonyl (C=O) groups is 1. The minimum Gasteiger partial charge on any atom is -0.492 e. The second-order valence-corrected chi connectivity index (χ2v) is 7.34. The zero-order chi connectivity index (χ0) is 18.8. The summed E-state index contributed by atoms with van der Waals surface area (Å²) in [5.41, 5.74) is 3.81. The van der Waals surface area contributed by atoms with Crippen molar-refractivity contribution in [3.8, 4) is 5.88 Å². The Morgan fingerprint density at radius 1 is 1.15 bits per heavy atom. The molecule has 1 unspecified atom stereocenters. The van der Waals surface area contributed by atoms with Gasteiger partial charge in [0.05, 0.1) is 11.0 Å². The third kappa shape index (κ3) is 3.77. The van der Waals surface area contributed by atoms with E-state index in [-0.39, 0.29) is 17.5 Å². The zero-order valence-corrected chi connectivity index (χ0v) is 15.4. The molecular weight excluding hydrogens is 338 g/mol. The van der Waals surface area contributed by atoms with Crippen LogP contribution >= 0.6 is 0 Å². The van der Waals surface area contributed by atoms with Crippen molar-refractivity contribution in [1.29, 1.82) is 0 Å². The topological polar surface area (TPSA) is 66.3 Å². The molecule has 1 saturated heterocycles. The van der Waals surface area contributed by atoms with Crippen LogP contribution in [-0.2, 0) is 6.42 Å². The molecular formula is C22H23N3O2. The summed E-state index contributed by atoms with van der Waals surface area (Å²) in [6.45, 7) is 3.47. The first-order valence-electron chi connectivity index (χ1n) is 9.41. The van der Waals surface area contributed by atoms with Crippen molar-refractivity contribution in [2.75, 3.05) is 13.1 Å². The van der Waals surface area contributed by atoms with Crippen molar-refractivity contribution in [3.63, 3.8) is 0 Å². The van der Waals surface area contributed by atoms with Crippen molar-refractivity contribution in [2.45, 2.75) is 26.2 Å². The molecule has 2 heterocycles. The number of amides is 1. The fourth-order valence-corrected chi connectivity index (χ4v) is 3.87. The van der Waals surface area contributed by atoms with Crippen LogP contribution in [0.1, 0.15) is 34.5 Å². The predicted molar refractivity (Wildman–Crippen MR) is 105 cm³/mol. The molecule has 5 heteroatoms. The van der Waals surface area contributed by atoms with E-state index in [1.807, 2.05) is 17.0 Å². The third-order valence-electron chi connectivity index (χ3n) is 5.17. The number of aromatic nitrogens is 2. The van der Waals surface area contributed by atoms with Gasteiger partial charge in [0.15, 0.2) is 5.69 Å². The Morgan fingerprint density at radius 2 is 1.93 bits per heavy atom. The lowest BCUT2D eigenvalue weighted by Crippen LogP contribution is -2.41. The summed E-state index contributed by atoms with van der Waals surface area (Å²) in [5.74, 6) is -0.112. The van der Waals surface area contributed by atoms with E-state index in [2.05, 4.69) is 41.2 Å². The molecule has 1 N–H and O–H groups in total. The maximum atomic E-state index is 13.0. The van der Waals surface area contributed by atoms with Crippen LogP contribution < -0.4 is 0 Å². The van der Waals surface area contributed by atoms with E-state index < -0.39 is 0 Å². The maximum absolute atomic E-state index is 13.0. The van der Waals surface area contributed by atoms with Gasteiger partial charge in [-0.1, -0.05) is 42.0 Å². The first-order valence-corrected chi connectivity index (χ1v) is 9.41. The van der Waals surface area contributed by atoms with Gasteiger partial charge >= 0.3 is 0 Å². The zero-order valence-electron chi connectivity index (χ0n) is 15.4. The minimum atomic E-state index is -0.292. The number of fused-ring (bicyclic) bond motifs is 1. The van der Waals surface area contributed by atoms with Gasteiger partial charge in [0.25, 0.3) is 5.91 Å². The first-order chi connectivity index (χ1) is 13.1. The molecule has 0 saturated carbocycles. The van der Waals surface area contributed by atoms with Crippen molar-refractivity contribution >= 4 is 16.9 Å². The highest BCUT2D eigenvalue weighted by Crippen LogP contribution is 2.25. The van der Waals surface area contributed by atoms with E-state index in [1.54, 1.807) is 12.1 Å². The molecule has 0 spiro atoms. The average molecular weight is 361 g/mol. The average Bonchev–Trinajstić information content (AvgIpc) is 2.67. The fourth-order valence-electron chi connectivity index (χ4n) is 3.87. The normalized spacial score (nSPS) is 17.2. The van der Waals surface area contributed by atoms with E-state index in [4.69, 9.17) is 0 Å². The van der Waals surface area contributed by atoms with Crippen LogP contribution in [-0.4, -0.2) is 39.0 Å². The van der Waals surface area contributed by atoms with Crippen LogP contribution in [0.3, 0.4) is 0 Å². The molecule has 2 aromatic carbocycles. The summed E-state index contributed by atoms with van der Waals surface area (Å²) in [6.07, 6.45) is 3.03. The number of carbonyl (C=O) groups excluding carboxylic acids is 1. The van der Waals surface area contributed by atoms with Crippen LogP contribution in [0.2, 0.25) is 0 Å². The molecule has 4 rings (SSSR count). The molecule has 1 aliphatic heterocycles. The lowest BCUT2D eigenvalue weighted by atomic mass is 9.90. The fraction of sp³-hybridized carbons (Fsp3) is 0.318. The third-order valence-corrected chi connectivity index (χ3v) is 5.17. The van der Waals surface area contributed by atoms with Gasteiger partial charge in [-0.25, -0.2) is 9.97 Å². The smallest absolute Gasteiger partial charge is 0.278 e. The van der Waals surface area contributed by atoms with Crippen molar-refractivity contribution in [1.82, 2.24) is 14.9 Å². The highest BCUT2D eigenvalue weighted by Gasteiger charge is 2.28. The van der Waals surface area contributed by atoms with Gasteiger partial charge in [0.1, 0.15) is 0 Å². The highest BCUT2D eigenvalue weighted by molar-refractivity contribution is 5.96. The van der Waals surface area contributed by atoms with E-state index in [1.165, 1.54) is 11.1 Å². The first kappa shape index (κ1) is 17.5. The number of hydrogen-bond donors (Lipinski definition) is 1. The second kappa shape index (κ2) is 7.35. The standard InChI is InChI=1S/C22H23N3O2/c1-15-6-4-7-16(12-15)13-17-8-5-11-25(14-17)22(27)20-21(26)24-19-10-3-2-9-18(19)23-20/h2-4,6-7,9-10,12,17H,5,8,11,13-14H2,1H3,(H,24,26). The molecule has 3 aromatic rings. The molecule has 0 radical (unpaired) electrons. The molecule has 5 nitrogen and oxygen atoms in total. The van der Waals surface area contributed by atoms with Crippen LogP contribution in [0.15, 0.2) is 48.5 Å². The molecule has 1 aromatic heterocycles. The molecule has 27 heavy (non-hydrogen) atoms. The Hall–Kier alpha value is -2.95. The number of rotatable bonds is 3. The van der Waals surface area contributed by atoms with Crippen LogP contribution in [0.4, 0.5) is 0 Å².